The molecule has 0 aliphatic carbocycles. The monoisotopic (exact) mass is 360 g/mol. The van der Waals surface area contributed by atoms with Gasteiger partial charge in [-0.25, -0.2) is 13.1 Å². The number of nitriles is 1. The second-order valence-electron chi connectivity index (χ2n) is 5.55. The van der Waals surface area contributed by atoms with E-state index in [1.54, 1.807) is 44.2 Å². The summed E-state index contributed by atoms with van der Waals surface area (Å²) in [6, 6.07) is 11.4. The average Bonchev–Trinajstić information content (AvgIpc) is 2.60. The first-order valence-electron chi connectivity index (χ1n) is 7.57. The van der Waals surface area contributed by atoms with Crippen molar-refractivity contribution >= 4 is 10.0 Å². The molecule has 2 rings (SSSR count). The number of nitrogens with zero attached hydrogens (tertiary/aromatic N) is 1. The van der Waals surface area contributed by atoms with Crippen LogP contribution in [-0.4, -0.2) is 22.6 Å². The Morgan fingerprint density at radius 3 is 2.16 bits per heavy atom. The number of ether oxygens (including phenoxy) is 2. The van der Waals surface area contributed by atoms with Gasteiger partial charge in [-0.15, -0.1) is 0 Å². The standard InChI is InChI=1S/C18H20N2O4S/c1-12-9-16(23-3)17(24-4)10-18(12)25(21,22)20-13(2)15-7-5-14(11-19)6-8-15/h5-10,13,20H,1-4H3. The lowest BCUT2D eigenvalue weighted by molar-refractivity contribution is 0.353. The first-order valence-corrected chi connectivity index (χ1v) is 9.05. The third-order valence-electron chi connectivity index (χ3n) is 3.84. The molecule has 25 heavy (non-hydrogen) atoms. The number of sulfonamides is 1. The van der Waals surface area contributed by atoms with E-state index in [1.807, 2.05) is 6.07 Å². The highest BCUT2D eigenvalue weighted by Crippen LogP contribution is 2.32. The first-order chi connectivity index (χ1) is 11.8. The third-order valence-corrected chi connectivity index (χ3v) is 5.53. The Kier molecular flexibility index (Phi) is 5.67. The molecule has 0 saturated heterocycles. The van der Waals surface area contributed by atoms with Crippen LogP contribution in [0, 0.1) is 18.3 Å². The zero-order valence-corrected chi connectivity index (χ0v) is 15.3. The zero-order valence-electron chi connectivity index (χ0n) is 14.5. The molecule has 1 unspecified atom stereocenters. The van der Waals surface area contributed by atoms with Crippen LogP contribution in [0.25, 0.3) is 0 Å². The Morgan fingerprint density at radius 1 is 1.08 bits per heavy atom. The second-order valence-corrected chi connectivity index (χ2v) is 7.23. The van der Waals surface area contributed by atoms with E-state index in [-0.39, 0.29) is 4.90 Å². The van der Waals surface area contributed by atoms with Crippen LogP contribution in [0.5, 0.6) is 11.5 Å². The topological polar surface area (TPSA) is 88.4 Å². The fourth-order valence-corrected chi connectivity index (χ4v) is 3.94. The number of nitrogens with one attached hydrogen (secondary N) is 1. The van der Waals surface area contributed by atoms with Gasteiger partial charge in [0.05, 0.1) is 30.7 Å². The van der Waals surface area contributed by atoms with Crippen LogP contribution in [0.2, 0.25) is 0 Å². The van der Waals surface area contributed by atoms with Crippen LogP contribution in [0.3, 0.4) is 0 Å². The van der Waals surface area contributed by atoms with E-state index in [2.05, 4.69) is 4.72 Å². The summed E-state index contributed by atoms with van der Waals surface area (Å²) >= 11 is 0. The van der Waals surface area contributed by atoms with Gasteiger partial charge in [-0.2, -0.15) is 5.26 Å². The molecule has 1 atom stereocenters. The van der Waals surface area contributed by atoms with E-state index in [1.165, 1.54) is 20.3 Å². The number of hydrogen-bond donors (Lipinski definition) is 1. The van der Waals surface area contributed by atoms with Gasteiger partial charge in [0.15, 0.2) is 11.5 Å². The highest BCUT2D eigenvalue weighted by molar-refractivity contribution is 7.89. The maximum absolute atomic E-state index is 12.8. The van der Waals surface area contributed by atoms with Crippen molar-refractivity contribution in [3.05, 3.63) is 53.1 Å². The summed E-state index contributed by atoms with van der Waals surface area (Å²) in [5, 5.41) is 8.84. The molecule has 0 spiro atoms. The summed E-state index contributed by atoms with van der Waals surface area (Å²) in [7, 11) is -0.811. The Bertz CT molecular complexity index is 900. The van der Waals surface area contributed by atoms with Gasteiger partial charge in [-0.1, -0.05) is 12.1 Å². The molecule has 0 amide bonds. The van der Waals surface area contributed by atoms with E-state index in [9.17, 15) is 8.42 Å². The largest absolute Gasteiger partial charge is 0.493 e. The van der Waals surface area contributed by atoms with Gasteiger partial charge >= 0.3 is 0 Å². The second kappa shape index (κ2) is 7.55. The van der Waals surface area contributed by atoms with Crippen molar-refractivity contribution in [3.63, 3.8) is 0 Å². The van der Waals surface area contributed by atoms with Gasteiger partial charge in [0.1, 0.15) is 0 Å². The van der Waals surface area contributed by atoms with E-state index in [4.69, 9.17) is 14.7 Å². The van der Waals surface area contributed by atoms with E-state index in [0.29, 0.717) is 22.6 Å². The van der Waals surface area contributed by atoms with Crippen molar-refractivity contribution in [3.8, 4) is 17.6 Å². The maximum Gasteiger partial charge on any atom is 0.241 e. The SMILES string of the molecule is COc1cc(C)c(S(=O)(=O)NC(C)c2ccc(C#N)cc2)cc1OC. The minimum absolute atomic E-state index is 0.130. The molecule has 132 valence electrons. The van der Waals surface area contributed by atoms with Gasteiger partial charge in [-0.3, -0.25) is 0 Å². The van der Waals surface area contributed by atoms with E-state index >= 15 is 0 Å². The van der Waals surface area contributed by atoms with Gasteiger partial charge in [0.2, 0.25) is 10.0 Å². The number of aryl methyl sites for hydroxylation is 1. The molecule has 0 saturated carbocycles. The Morgan fingerprint density at radius 2 is 1.64 bits per heavy atom. The summed E-state index contributed by atoms with van der Waals surface area (Å²) in [5.74, 6) is 0.818. The summed E-state index contributed by atoms with van der Waals surface area (Å²) in [6.45, 7) is 3.44. The van der Waals surface area contributed by atoms with Crippen molar-refractivity contribution in [2.75, 3.05) is 14.2 Å². The van der Waals surface area contributed by atoms with Crippen LogP contribution in [0.1, 0.15) is 29.7 Å². The quantitative estimate of drug-likeness (QED) is 0.856. The lowest BCUT2D eigenvalue weighted by atomic mass is 10.1. The number of hydrogen-bond acceptors (Lipinski definition) is 5. The number of rotatable bonds is 6. The van der Waals surface area contributed by atoms with Crippen molar-refractivity contribution in [2.45, 2.75) is 24.8 Å². The van der Waals surface area contributed by atoms with Crippen molar-refractivity contribution in [1.82, 2.24) is 4.72 Å². The molecular formula is C18H20N2O4S. The predicted octanol–water partition coefficient (Wildman–Crippen LogP) is 2.92. The fourth-order valence-electron chi connectivity index (χ4n) is 2.46. The molecule has 2 aromatic carbocycles. The summed E-state index contributed by atoms with van der Waals surface area (Å²) < 4.78 is 38.6. The minimum Gasteiger partial charge on any atom is -0.493 e. The molecule has 6 nitrogen and oxygen atoms in total. The highest BCUT2D eigenvalue weighted by atomic mass is 32.2. The Balaban J connectivity index is 2.33. The van der Waals surface area contributed by atoms with Crippen LogP contribution < -0.4 is 14.2 Å². The first kappa shape index (κ1) is 18.8. The summed E-state index contributed by atoms with van der Waals surface area (Å²) in [6.07, 6.45) is 0. The molecule has 0 aliphatic rings. The van der Waals surface area contributed by atoms with E-state index < -0.39 is 16.1 Å². The van der Waals surface area contributed by atoms with Gasteiger partial charge < -0.3 is 9.47 Å². The number of benzene rings is 2. The molecule has 0 bridgehead atoms. The fraction of sp³-hybridized carbons (Fsp3) is 0.278. The lowest BCUT2D eigenvalue weighted by Gasteiger charge is -2.17. The minimum atomic E-state index is -3.76. The van der Waals surface area contributed by atoms with Gasteiger partial charge in [0, 0.05) is 12.1 Å². The van der Waals surface area contributed by atoms with E-state index in [0.717, 1.165) is 5.56 Å². The van der Waals surface area contributed by atoms with Gasteiger partial charge in [0.25, 0.3) is 0 Å². The lowest BCUT2D eigenvalue weighted by Crippen LogP contribution is -2.27. The molecule has 0 fully saturated rings. The highest BCUT2D eigenvalue weighted by Gasteiger charge is 2.23. The van der Waals surface area contributed by atoms with Crippen LogP contribution in [-0.2, 0) is 10.0 Å². The maximum atomic E-state index is 12.8. The molecule has 7 heteroatoms. The number of methoxy groups -OCH3 is 2. The normalized spacial score (nSPS) is 12.3. The molecule has 0 radical (unpaired) electrons. The molecule has 1 N–H and O–H groups in total. The average molecular weight is 360 g/mol. The van der Waals surface area contributed by atoms with Gasteiger partial charge in [-0.05, 0) is 43.2 Å². The molecule has 0 aliphatic heterocycles. The smallest absolute Gasteiger partial charge is 0.241 e. The van der Waals surface area contributed by atoms with Crippen molar-refractivity contribution < 1.29 is 17.9 Å². The Labute approximate surface area is 148 Å². The molecule has 0 heterocycles. The molecule has 0 aromatic heterocycles. The molecular weight excluding hydrogens is 340 g/mol. The zero-order chi connectivity index (χ0) is 18.6. The van der Waals surface area contributed by atoms with Crippen LogP contribution >= 0.6 is 0 Å². The summed E-state index contributed by atoms with van der Waals surface area (Å²) in [5.41, 5.74) is 1.84. The predicted molar refractivity (Wildman–Crippen MR) is 94.2 cm³/mol. The van der Waals surface area contributed by atoms with Crippen LogP contribution in [0.15, 0.2) is 41.3 Å². The Hall–Kier alpha value is -2.56. The third kappa shape index (κ3) is 4.10. The summed E-state index contributed by atoms with van der Waals surface area (Å²) in [4.78, 5) is 0.130. The van der Waals surface area contributed by atoms with Crippen LogP contribution in [0.4, 0.5) is 0 Å². The van der Waals surface area contributed by atoms with Crippen molar-refractivity contribution in [2.24, 2.45) is 0 Å². The van der Waals surface area contributed by atoms with Crippen molar-refractivity contribution in [1.29, 1.82) is 5.26 Å². The molecule has 2 aromatic rings.